The summed E-state index contributed by atoms with van der Waals surface area (Å²) in [5.74, 6) is 4.74. The van der Waals surface area contributed by atoms with Gasteiger partial charge >= 0.3 is 0 Å². The molecule has 5 nitrogen and oxygen atoms in total. The van der Waals surface area contributed by atoms with E-state index in [-0.39, 0.29) is 0 Å². The van der Waals surface area contributed by atoms with Crippen molar-refractivity contribution in [2.24, 2.45) is 18.9 Å². The fraction of sp³-hybridized carbons (Fsp3) is 0.600. The highest BCUT2D eigenvalue weighted by molar-refractivity contribution is 5.48. The summed E-state index contributed by atoms with van der Waals surface area (Å²) in [5.41, 5.74) is 1.32. The lowest BCUT2D eigenvalue weighted by atomic mass is 9.88. The Morgan fingerprint density at radius 3 is 2.32 bits per heavy atom. The van der Waals surface area contributed by atoms with Crippen LogP contribution < -0.4 is 9.80 Å². The molecule has 0 spiro atoms. The monoisotopic (exact) mass is 337 g/mol. The molecule has 2 heterocycles. The number of hydrogen-bond donors (Lipinski definition) is 0. The number of anilines is 2. The number of para-hydroxylation sites is 1. The maximum Gasteiger partial charge on any atom is 0.227 e. The summed E-state index contributed by atoms with van der Waals surface area (Å²) >= 11 is 0. The predicted molar refractivity (Wildman–Crippen MR) is 100 cm³/mol. The lowest BCUT2D eigenvalue weighted by Gasteiger charge is -2.36. The summed E-state index contributed by atoms with van der Waals surface area (Å²) in [6.07, 6.45) is 5.58. The molecule has 0 amide bonds. The van der Waals surface area contributed by atoms with Crippen molar-refractivity contribution in [2.45, 2.75) is 31.6 Å². The highest BCUT2D eigenvalue weighted by atomic mass is 15.4. The Kier molecular flexibility index (Phi) is 3.68. The molecule has 1 saturated heterocycles. The minimum atomic E-state index is 0.649. The van der Waals surface area contributed by atoms with Crippen LogP contribution in [0.4, 0.5) is 11.6 Å². The first-order valence-electron chi connectivity index (χ1n) is 9.74. The van der Waals surface area contributed by atoms with Crippen molar-refractivity contribution in [1.82, 2.24) is 14.8 Å². The Bertz CT molecular complexity index is 732. The molecule has 0 N–H and O–H groups in total. The molecular weight excluding hydrogens is 310 g/mol. The fourth-order valence-corrected chi connectivity index (χ4v) is 5.30. The maximum absolute atomic E-state index is 4.63. The van der Waals surface area contributed by atoms with E-state index in [9.17, 15) is 0 Å². The van der Waals surface area contributed by atoms with Gasteiger partial charge in [0.2, 0.25) is 5.95 Å². The Morgan fingerprint density at radius 1 is 0.880 bits per heavy atom. The zero-order valence-corrected chi connectivity index (χ0v) is 15.0. The van der Waals surface area contributed by atoms with Gasteiger partial charge in [0.25, 0.3) is 0 Å². The van der Waals surface area contributed by atoms with E-state index in [1.54, 1.807) is 0 Å². The number of benzene rings is 1. The lowest BCUT2D eigenvalue weighted by Crippen LogP contribution is -2.47. The summed E-state index contributed by atoms with van der Waals surface area (Å²) in [7, 11) is 2.17. The van der Waals surface area contributed by atoms with E-state index >= 15 is 0 Å². The molecule has 3 aliphatic rings. The third-order valence-corrected chi connectivity index (χ3v) is 6.64. The van der Waals surface area contributed by atoms with Crippen LogP contribution in [0.25, 0.3) is 0 Å². The minimum absolute atomic E-state index is 0.649. The van der Waals surface area contributed by atoms with Crippen molar-refractivity contribution >= 4 is 11.6 Å². The first-order chi connectivity index (χ1) is 12.3. The second kappa shape index (κ2) is 6.04. The molecule has 1 aromatic heterocycles. The molecule has 0 radical (unpaired) electrons. The van der Waals surface area contributed by atoms with Gasteiger partial charge in [-0.2, -0.15) is 0 Å². The van der Waals surface area contributed by atoms with Crippen molar-refractivity contribution in [3.05, 3.63) is 36.2 Å². The second-order valence-corrected chi connectivity index (χ2v) is 8.01. The molecule has 2 bridgehead atoms. The quantitative estimate of drug-likeness (QED) is 0.863. The van der Waals surface area contributed by atoms with Gasteiger partial charge < -0.3 is 14.4 Å². The van der Waals surface area contributed by atoms with Gasteiger partial charge in [-0.15, -0.1) is 10.2 Å². The molecule has 25 heavy (non-hydrogen) atoms. The number of fused-ring (bicyclic) bond motifs is 2. The van der Waals surface area contributed by atoms with E-state index in [2.05, 4.69) is 61.9 Å². The first-order valence-corrected chi connectivity index (χ1v) is 9.74. The SMILES string of the molecule is Cn1c(C2CC3CCC2C3)nnc1N1CCN(c2ccccc2)CC1. The van der Waals surface area contributed by atoms with E-state index in [4.69, 9.17) is 0 Å². The van der Waals surface area contributed by atoms with Gasteiger partial charge in [-0.25, -0.2) is 0 Å². The Balaban J connectivity index is 1.29. The highest BCUT2D eigenvalue weighted by Crippen LogP contribution is 2.52. The van der Waals surface area contributed by atoms with Crippen molar-refractivity contribution in [1.29, 1.82) is 0 Å². The van der Waals surface area contributed by atoms with Gasteiger partial charge in [0.1, 0.15) is 5.82 Å². The highest BCUT2D eigenvalue weighted by Gasteiger charge is 2.42. The molecule has 3 fully saturated rings. The van der Waals surface area contributed by atoms with Crippen molar-refractivity contribution in [3.63, 3.8) is 0 Å². The Hall–Kier alpha value is -2.04. The molecule has 1 aromatic carbocycles. The standard InChI is InChI=1S/C20H27N5/c1-23-19(18-14-15-7-8-16(18)13-15)21-22-20(23)25-11-9-24(10-12-25)17-5-3-2-4-6-17/h2-6,15-16,18H,7-14H2,1H3. The number of piperazine rings is 1. The second-order valence-electron chi connectivity index (χ2n) is 8.01. The van der Waals surface area contributed by atoms with Crippen LogP contribution in [0.2, 0.25) is 0 Å². The Morgan fingerprint density at radius 2 is 1.64 bits per heavy atom. The van der Waals surface area contributed by atoms with Crippen LogP contribution in [0.15, 0.2) is 30.3 Å². The molecule has 5 heteroatoms. The maximum atomic E-state index is 4.63. The molecule has 3 unspecified atom stereocenters. The smallest absolute Gasteiger partial charge is 0.227 e. The van der Waals surface area contributed by atoms with Crippen LogP contribution in [-0.2, 0) is 7.05 Å². The summed E-state index contributed by atoms with van der Waals surface area (Å²) < 4.78 is 2.28. The van der Waals surface area contributed by atoms with Crippen LogP contribution in [0, 0.1) is 11.8 Å². The van der Waals surface area contributed by atoms with E-state index in [0.29, 0.717) is 5.92 Å². The fourth-order valence-electron chi connectivity index (χ4n) is 5.30. The van der Waals surface area contributed by atoms with Gasteiger partial charge in [0.15, 0.2) is 0 Å². The predicted octanol–water partition coefficient (Wildman–Crippen LogP) is 3.05. The topological polar surface area (TPSA) is 37.2 Å². The molecule has 1 aliphatic heterocycles. The molecule has 2 saturated carbocycles. The number of aromatic nitrogens is 3. The van der Waals surface area contributed by atoms with E-state index in [0.717, 1.165) is 44.0 Å². The van der Waals surface area contributed by atoms with Crippen LogP contribution in [0.5, 0.6) is 0 Å². The molecule has 2 aliphatic carbocycles. The van der Waals surface area contributed by atoms with Crippen LogP contribution in [0.3, 0.4) is 0 Å². The largest absolute Gasteiger partial charge is 0.368 e. The van der Waals surface area contributed by atoms with Gasteiger partial charge in [0, 0.05) is 44.8 Å². The average Bonchev–Trinajstić information content (AvgIpc) is 3.38. The zero-order valence-electron chi connectivity index (χ0n) is 15.0. The molecule has 3 atom stereocenters. The Labute approximate surface area is 149 Å². The summed E-state index contributed by atoms with van der Waals surface area (Å²) in [6.45, 7) is 4.11. The number of hydrogen-bond acceptors (Lipinski definition) is 4. The van der Waals surface area contributed by atoms with Crippen LogP contribution in [-0.4, -0.2) is 40.9 Å². The van der Waals surface area contributed by atoms with Crippen LogP contribution >= 0.6 is 0 Å². The minimum Gasteiger partial charge on any atom is -0.368 e. The summed E-state index contributed by atoms with van der Waals surface area (Å²) in [4.78, 5) is 4.87. The molecule has 132 valence electrons. The van der Waals surface area contributed by atoms with Gasteiger partial charge in [0.05, 0.1) is 0 Å². The number of rotatable bonds is 3. The van der Waals surface area contributed by atoms with E-state index in [1.165, 1.54) is 37.2 Å². The summed E-state index contributed by atoms with van der Waals surface area (Å²) in [6, 6.07) is 10.7. The van der Waals surface area contributed by atoms with Crippen molar-refractivity contribution < 1.29 is 0 Å². The number of nitrogens with zero attached hydrogens (tertiary/aromatic N) is 5. The summed E-state index contributed by atoms with van der Waals surface area (Å²) in [5, 5.41) is 9.21. The molecule has 5 rings (SSSR count). The van der Waals surface area contributed by atoms with Gasteiger partial charge in [-0.05, 0) is 43.2 Å². The molecular formula is C20H27N5. The van der Waals surface area contributed by atoms with E-state index < -0.39 is 0 Å². The third-order valence-electron chi connectivity index (χ3n) is 6.64. The lowest BCUT2D eigenvalue weighted by molar-refractivity contribution is 0.397. The zero-order chi connectivity index (χ0) is 16.8. The van der Waals surface area contributed by atoms with Crippen molar-refractivity contribution in [2.75, 3.05) is 36.0 Å². The average molecular weight is 337 g/mol. The van der Waals surface area contributed by atoms with E-state index in [1.807, 2.05) is 0 Å². The third kappa shape index (κ3) is 2.60. The van der Waals surface area contributed by atoms with Crippen molar-refractivity contribution in [3.8, 4) is 0 Å². The van der Waals surface area contributed by atoms with Gasteiger partial charge in [-0.1, -0.05) is 24.6 Å². The normalized spacial score (nSPS) is 28.8. The van der Waals surface area contributed by atoms with Gasteiger partial charge in [-0.3, -0.25) is 0 Å². The van der Waals surface area contributed by atoms with Crippen LogP contribution in [0.1, 0.15) is 37.4 Å². The first kappa shape index (κ1) is 15.2. The molecule has 2 aromatic rings.